The number of nitrogens with one attached hydrogen (secondary N) is 1. The lowest BCUT2D eigenvalue weighted by atomic mass is 10.2. The number of nitrogens with zero attached hydrogens (tertiary/aromatic N) is 1. The summed E-state index contributed by atoms with van der Waals surface area (Å²) in [4.78, 5) is 5.50. The van der Waals surface area contributed by atoms with Crippen LogP contribution >= 0.6 is 22.9 Å². The summed E-state index contributed by atoms with van der Waals surface area (Å²) in [5.74, 6) is -0.381. The highest BCUT2D eigenvalue weighted by Gasteiger charge is 2.11. The van der Waals surface area contributed by atoms with Crippen LogP contribution in [-0.4, -0.2) is 4.98 Å². The van der Waals surface area contributed by atoms with Gasteiger partial charge in [-0.15, -0.1) is 11.3 Å². The quantitative estimate of drug-likeness (QED) is 0.914. The van der Waals surface area contributed by atoms with E-state index in [9.17, 15) is 4.39 Å². The SMILES string of the molecule is Cc1cnc(C(C)NCc2cccc(F)c2Cl)s1. The molecule has 5 heteroatoms. The van der Waals surface area contributed by atoms with Crippen LogP contribution in [0.2, 0.25) is 5.02 Å². The number of aryl methyl sites for hydroxylation is 1. The van der Waals surface area contributed by atoms with Crippen molar-refractivity contribution in [1.82, 2.24) is 10.3 Å². The van der Waals surface area contributed by atoms with Gasteiger partial charge in [0.25, 0.3) is 0 Å². The fourth-order valence-corrected chi connectivity index (χ4v) is 2.60. The molecule has 1 aromatic carbocycles. The number of thiazole rings is 1. The summed E-state index contributed by atoms with van der Waals surface area (Å²) >= 11 is 7.56. The predicted molar refractivity (Wildman–Crippen MR) is 73.5 cm³/mol. The van der Waals surface area contributed by atoms with Crippen LogP contribution in [0.15, 0.2) is 24.4 Å². The lowest BCUT2D eigenvalue weighted by Gasteiger charge is -2.12. The Morgan fingerprint density at radius 1 is 1.50 bits per heavy atom. The van der Waals surface area contributed by atoms with Gasteiger partial charge in [0.1, 0.15) is 10.8 Å². The average molecular weight is 285 g/mol. The number of halogens is 2. The largest absolute Gasteiger partial charge is 0.304 e. The van der Waals surface area contributed by atoms with Crippen LogP contribution in [0.5, 0.6) is 0 Å². The molecule has 0 bridgehead atoms. The molecule has 0 saturated carbocycles. The van der Waals surface area contributed by atoms with E-state index < -0.39 is 0 Å². The maximum atomic E-state index is 13.3. The van der Waals surface area contributed by atoms with Gasteiger partial charge < -0.3 is 5.32 Å². The predicted octanol–water partition coefficient (Wildman–Crippen LogP) is 4.09. The minimum atomic E-state index is -0.381. The molecule has 1 N–H and O–H groups in total. The van der Waals surface area contributed by atoms with Crippen LogP contribution in [-0.2, 0) is 6.54 Å². The van der Waals surface area contributed by atoms with Crippen molar-refractivity contribution in [1.29, 1.82) is 0 Å². The van der Waals surface area contributed by atoms with Gasteiger partial charge in [0.2, 0.25) is 0 Å². The fourth-order valence-electron chi connectivity index (χ4n) is 1.61. The maximum Gasteiger partial charge on any atom is 0.142 e. The van der Waals surface area contributed by atoms with E-state index in [-0.39, 0.29) is 16.9 Å². The molecule has 0 aliphatic rings. The zero-order valence-corrected chi connectivity index (χ0v) is 11.8. The second kappa shape index (κ2) is 5.78. The van der Waals surface area contributed by atoms with E-state index in [0.717, 1.165) is 10.6 Å². The Hall–Kier alpha value is -0.970. The first kappa shape index (κ1) is 13.5. The molecule has 0 amide bonds. The van der Waals surface area contributed by atoms with Gasteiger partial charge in [0.15, 0.2) is 0 Å². The summed E-state index contributed by atoms with van der Waals surface area (Å²) in [5, 5.41) is 4.51. The van der Waals surface area contributed by atoms with Crippen molar-refractivity contribution in [2.24, 2.45) is 0 Å². The van der Waals surface area contributed by atoms with Crippen LogP contribution in [0.25, 0.3) is 0 Å². The highest BCUT2D eigenvalue weighted by Crippen LogP contribution is 2.22. The van der Waals surface area contributed by atoms with Crippen LogP contribution in [0, 0.1) is 12.7 Å². The molecule has 1 atom stereocenters. The number of rotatable bonds is 4. The summed E-state index contributed by atoms with van der Waals surface area (Å²) < 4.78 is 13.3. The first-order chi connectivity index (χ1) is 8.58. The van der Waals surface area contributed by atoms with E-state index in [1.165, 1.54) is 10.9 Å². The lowest BCUT2D eigenvalue weighted by molar-refractivity contribution is 0.567. The van der Waals surface area contributed by atoms with E-state index in [1.807, 2.05) is 26.1 Å². The van der Waals surface area contributed by atoms with E-state index in [1.54, 1.807) is 17.4 Å². The van der Waals surface area contributed by atoms with E-state index in [4.69, 9.17) is 11.6 Å². The van der Waals surface area contributed by atoms with Crippen molar-refractivity contribution >= 4 is 22.9 Å². The number of hydrogen-bond acceptors (Lipinski definition) is 3. The molecular formula is C13H14ClFN2S. The Bertz CT molecular complexity index is 542. The molecule has 2 aromatic rings. The normalized spacial score (nSPS) is 12.7. The number of benzene rings is 1. The van der Waals surface area contributed by atoms with Gasteiger partial charge in [-0.05, 0) is 25.5 Å². The Balaban J connectivity index is 2.01. The highest BCUT2D eigenvalue weighted by atomic mass is 35.5. The summed E-state index contributed by atoms with van der Waals surface area (Å²) in [6.45, 7) is 4.58. The molecular weight excluding hydrogens is 271 g/mol. The zero-order chi connectivity index (χ0) is 13.1. The van der Waals surface area contributed by atoms with Crippen LogP contribution in [0.4, 0.5) is 4.39 Å². The molecule has 0 aliphatic carbocycles. The zero-order valence-electron chi connectivity index (χ0n) is 10.2. The van der Waals surface area contributed by atoms with Crippen LogP contribution in [0.3, 0.4) is 0 Å². The third-order valence-electron chi connectivity index (χ3n) is 2.64. The van der Waals surface area contributed by atoms with E-state index >= 15 is 0 Å². The van der Waals surface area contributed by atoms with Crippen molar-refractivity contribution in [3.05, 3.63) is 50.7 Å². The van der Waals surface area contributed by atoms with Crippen molar-refractivity contribution in [3.8, 4) is 0 Å². The first-order valence-corrected chi connectivity index (χ1v) is 6.86. The Morgan fingerprint density at radius 2 is 2.28 bits per heavy atom. The Kier molecular flexibility index (Phi) is 4.32. The molecule has 2 rings (SSSR count). The van der Waals surface area contributed by atoms with Gasteiger partial charge in [0, 0.05) is 17.6 Å². The summed E-state index contributed by atoms with van der Waals surface area (Å²) in [7, 11) is 0. The summed E-state index contributed by atoms with van der Waals surface area (Å²) in [5.41, 5.74) is 0.761. The highest BCUT2D eigenvalue weighted by molar-refractivity contribution is 7.11. The van der Waals surface area contributed by atoms with Crippen molar-refractivity contribution in [2.75, 3.05) is 0 Å². The second-order valence-electron chi connectivity index (χ2n) is 4.12. The smallest absolute Gasteiger partial charge is 0.142 e. The topological polar surface area (TPSA) is 24.9 Å². The summed E-state index contributed by atoms with van der Waals surface area (Å²) in [6.07, 6.45) is 1.85. The minimum absolute atomic E-state index is 0.128. The van der Waals surface area contributed by atoms with E-state index in [2.05, 4.69) is 10.3 Å². The fraction of sp³-hybridized carbons (Fsp3) is 0.308. The molecule has 2 nitrogen and oxygen atoms in total. The number of hydrogen-bond donors (Lipinski definition) is 1. The Labute approximate surface area is 115 Å². The van der Waals surface area contributed by atoms with Crippen molar-refractivity contribution < 1.29 is 4.39 Å². The molecule has 0 fully saturated rings. The van der Waals surface area contributed by atoms with E-state index in [0.29, 0.717) is 6.54 Å². The molecule has 0 saturated heterocycles. The first-order valence-electron chi connectivity index (χ1n) is 5.66. The monoisotopic (exact) mass is 284 g/mol. The third kappa shape index (κ3) is 3.07. The third-order valence-corrected chi connectivity index (χ3v) is 4.16. The molecule has 0 radical (unpaired) electrons. The van der Waals surface area contributed by atoms with Gasteiger partial charge >= 0.3 is 0 Å². The molecule has 1 aromatic heterocycles. The molecule has 0 spiro atoms. The maximum absolute atomic E-state index is 13.3. The standard InChI is InChI=1S/C13H14ClFN2S/c1-8-6-17-13(18-8)9(2)16-7-10-4-3-5-11(15)12(10)14/h3-6,9,16H,7H2,1-2H3. The van der Waals surface area contributed by atoms with Gasteiger partial charge in [-0.1, -0.05) is 23.7 Å². The van der Waals surface area contributed by atoms with Gasteiger partial charge in [-0.3, -0.25) is 0 Å². The van der Waals surface area contributed by atoms with Gasteiger partial charge in [0.05, 0.1) is 11.1 Å². The van der Waals surface area contributed by atoms with Gasteiger partial charge in [-0.25, -0.2) is 9.37 Å². The van der Waals surface area contributed by atoms with Crippen LogP contribution in [0.1, 0.15) is 28.4 Å². The summed E-state index contributed by atoms with van der Waals surface area (Å²) in [6, 6.07) is 4.97. The van der Waals surface area contributed by atoms with Crippen LogP contribution < -0.4 is 5.32 Å². The lowest BCUT2D eigenvalue weighted by Crippen LogP contribution is -2.18. The molecule has 96 valence electrons. The molecule has 1 heterocycles. The molecule has 1 unspecified atom stereocenters. The van der Waals surface area contributed by atoms with Crippen molar-refractivity contribution in [3.63, 3.8) is 0 Å². The van der Waals surface area contributed by atoms with Crippen molar-refractivity contribution in [2.45, 2.75) is 26.4 Å². The van der Waals surface area contributed by atoms with Gasteiger partial charge in [-0.2, -0.15) is 0 Å². The minimum Gasteiger partial charge on any atom is -0.304 e. The number of aromatic nitrogens is 1. The molecule has 18 heavy (non-hydrogen) atoms. The Morgan fingerprint density at radius 3 is 2.94 bits per heavy atom. The second-order valence-corrected chi connectivity index (χ2v) is 5.77. The average Bonchev–Trinajstić information content (AvgIpc) is 2.77. The molecule has 0 aliphatic heterocycles.